The van der Waals surface area contributed by atoms with Crippen LogP contribution in [0.25, 0.3) is 11.0 Å². The van der Waals surface area contributed by atoms with Gasteiger partial charge in [-0.15, -0.1) is 0 Å². The second-order valence-electron chi connectivity index (χ2n) is 10.1. The molecular formula is C26H33N5O3. The Bertz CT molecular complexity index is 1150. The maximum absolute atomic E-state index is 11.9. The number of amides is 1. The number of nitrogens with zero attached hydrogens (tertiary/aromatic N) is 4. The molecule has 4 heterocycles. The maximum atomic E-state index is 11.9. The van der Waals surface area contributed by atoms with Crippen LogP contribution in [0, 0.1) is 0 Å². The predicted molar refractivity (Wildman–Crippen MR) is 132 cm³/mol. The molecule has 0 spiro atoms. The Hall–Kier alpha value is -2.94. The quantitative estimate of drug-likeness (QED) is 0.525. The molecular weight excluding hydrogens is 430 g/mol. The SMILES string of the molecule is CONC(=O)c1ccc(Cn2ccc3c(N4CC5CCC(C4)N5CC(C)(C)O)ccnc32)cc1. The normalized spacial score (nSPS) is 20.8. The third kappa shape index (κ3) is 4.53. The fourth-order valence-corrected chi connectivity index (χ4v) is 5.48. The number of hydroxylamine groups is 1. The van der Waals surface area contributed by atoms with Crippen molar-refractivity contribution in [2.45, 2.75) is 50.9 Å². The number of anilines is 1. The van der Waals surface area contributed by atoms with E-state index in [0.29, 0.717) is 24.2 Å². The summed E-state index contributed by atoms with van der Waals surface area (Å²) in [7, 11) is 1.42. The van der Waals surface area contributed by atoms with Crippen LogP contribution < -0.4 is 10.4 Å². The van der Waals surface area contributed by atoms with Gasteiger partial charge in [0.15, 0.2) is 0 Å². The molecule has 2 saturated heterocycles. The molecule has 2 N–H and O–H groups in total. The van der Waals surface area contributed by atoms with E-state index in [0.717, 1.165) is 36.2 Å². The first-order valence-electron chi connectivity index (χ1n) is 11.9. The number of carbonyl (C=O) groups is 1. The van der Waals surface area contributed by atoms with Gasteiger partial charge in [0.2, 0.25) is 0 Å². The van der Waals surface area contributed by atoms with E-state index in [-0.39, 0.29) is 5.91 Å². The molecule has 2 atom stereocenters. The van der Waals surface area contributed by atoms with Gasteiger partial charge in [-0.3, -0.25) is 14.5 Å². The Morgan fingerprint density at radius 2 is 1.85 bits per heavy atom. The zero-order valence-electron chi connectivity index (χ0n) is 20.1. The minimum absolute atomic E-state index is 0.261. The molecule has 2 aliphatic rings. The highest BCUT2D eigenvalue weighted by molar-refractivity contribution is 5.93. The molecule has 1 aromatic carbocycles. The topological polar surface area (TPSA) is 82.9 Å². The zero-order chi connectivity index (χ0) is 23.9. The van der Waals surface area contributed by atoms with Gasteiger partial charge < -0.3 is 14.6 Å². The van der Waals surface area contributed by atoms with Crippen LogP contribution in [0.5, 0.6) is 0 Å². The molecule has 8 nitrogen and oxygen atoms in total. The van der Waals surface area contributed by atoms with Gasteiger partial charge in [0.25, 0.3) is 5.91 Å². The molecule has 2 unspecified atom stereocenters. The summed E-state index contributed by atoms with van der Waals surface area (Å²) in [5.41, 5.74) is 5.51. The van der Waals surface area contributed by atoms with Crippen LogP contribution >= 0.6 is 0 Å². The van der Waals surface area contributed by atoms with Crippen LogP contribution in [0.3, 0.4) is 0 Å². The smallest absolute Gasteiger partial charge is 0.274 e. The Morgan fingerprint density at radius 1 is 1.15 bits per heavy atom. The molecule has 0 aliphatic carbocycles. The highest BCUT2D eigenvalue weighted by atomic mass is 16.6. The number of pyridine rings is 1. The van der Waals surface area contributed by atoms with E-state index in [1.165, 1.54) is 25.6 Å². The van der Waals surface area contributed by atoms with Crippen molar-refractivity contribution in [1.29, 1.82) is 0 Å². The second-order valence-corrected chi connectivity index (χ2v) is 10.1. The molecule has 2 aromatic heterocycles. The number of aromatic nitrogens is 2. The molecule has 8 heteroatoms. The van der Waals surface area contributed by atoms with Gasteiger partial charge in [-0.05, 0) is 56.5 Å². The van der Waals surface area contributed by atoms with Crippen LogP contribution in [-0.2, 0) is 11.4 Å². The van der Waals surface area contributed by atoms with Crippen LogP contribution in [0.2, 0.25) is 0 Å². The Morgan fingerprint density at radius 3 is 2.50 bits per heavy atom. The lowest BCUT2D eigenvalue weighted by molar-refractivity contribution is 0.0139. The molecule has 180 valence electrons. The number of nitrogens with one attached hydrogen (secondary N) is 1. The summed E-state index contributed by atoms with van der Waals surface area (Å²) in [5, 5.41) is 11.5. The Balaban J connectivity index is 1.34. The van der Waals surface area contributed by atoms with Crippen molar-refractivity contribution in [2.75, 3.05) is 31.6 Å². The summed E-state index contributed by atoms with van der Waals surface area (Å²) in [5.74, 6) is -0.261. The number of piperazine rings is 1. The Kier molecular flexibility index (Phi) is 6.06. The van der Waals surface area contributed by atoms with E-state index in [1.807, 2.05) is 32.2 Å². The van der Waals surface area contributed by atoms with Crippen molar-refractivity contribution in [1.82, 2.24) is 19.9 Å². The van der Waals surface area contributed by atoms with Gasteiger partial charge in [-0.1, -0.05) is 12.1 Å². The van der Waals surface area contributed by atoms with Crippen LogP contribution in [0.1, 0.15) is 42.6 Å². The molecule has 2 aliphatic heterocycles. The van der Waals surface area contributed by atoms with Gasteiger partial charge in [-0.25, -0.2) is 10.5 Å². The Labute approximate surface area is 200 Å². The van der Waals surface area contributed by atoms with E-state index < -0.39 is 5.60 Å². The number of carbonyl (C=O) groups excluding carboxylic acids is 1. The molecule has 3 aromatic rings. The van der Waals surface area contributed by atoms with E-state index in [2.05, 4.69) is 38.2 Å². The summed E-state index contributed by atoms with van der Waals surface area (Å²) in [4.78, 5) is 26.3. The molecule has 1 amide bonds. The highest BCUT2D eigenvalue weighted by Crippen LogP contribution is 2.36. The average molecular weight is 464 g/mol. The van der Waals surface area contributed by atoms with Crippen molar-refractivity contribution in [3.05, 3.63) is 59.9 Å². The van der Waals surface area contributed by atoms with E-state index in [4.69, 9.17) is 9.82 Å². The second kappa shape index (κ2) is 9.02. The van der Waals surface area contributed by atoms with Crippen molar-refractivity contribution in [2.24, 2.45) is 0 Å². The molecule has 0 saturated carbocycles. The van der Waals surface area contributed by atoms with Crippen molar-refractivity contribution < 1.29 is 14.7 Å². The summed E-state index contributed by atoms with van der Waals surface area (Å²) in [6.45, 7) is 7.15. The summed E-state index contributed by atoms with van der Waals surface area (Å²) >= 11 is 0. The summed E-state index contributed by atoms with van der Waals surface area (Å²) in [6.07, 6.45) is 6.36. The molecule has 34 heavy (non-hydrogen) atoms. The molecule has 2 bridgehead atoms. The van der Waals surface area contributed by atoms with E-state index in [9.17, 15) is 9.90 Å². The fraction of sp³-hybridized carbons (Fsp3) is 0.462. The maximum Gasteiger partial charge on any atom is 0.274 e. The minimum atomic E-state index is -0.671. The number of fused-ring (bicyclic) bond motifs is 3. The van der Waals surface area contributed by atoms with Gasteiger partial charge in [-0.2, -0.15) is 0 Å². The lowest BCUT2D eigenvalue weighted by Gasteiger charge is -2.44. The number of hydrogen-bond donors (Lipinski definition) is 2. The van der Waals surface area contributed by atoms with Gasteiger partial charge >= 0.3 is 0 Å². The van der Waals surface area contributed by atoms with Crippen molar-refractivity contribution in [3.63, 3.8) is 0 Å². The predicted octanol–water partition coefficient (Wildman–Crippen LogP) is 2.80. The average Bonchev–Trinajstić information content (AvgIpc) is 3.29. The van der Waals surface area contributed by atoms with Crippen molar-refractivity contribution in [3.8, 4) is 0 Å². The first-order chi connectivity index (χ1) is 16.3. The summed E-state index contributed by atoms with van der Waals surface area (Å²) < 4.78 is 2.15. The third-order valence-corrected chi connectivity index (χ3v) is 6.95. The fourth-order valence-electron chi connectivity index (χ4n) is 5.48. The number of benzene rings is 1. The number of rotatable bonds is 7. The van der Waals surface area contributed by atoms with Crippen LogP contribution in [0.15, 0.2) is 48.8 Å². The van der Waals surface area contributed by atoms with Gasteiger partial charge in [0.05, 0.1) is 12.7 Å². The largest absolute Gasteiger partial charge is 0.389 e. The standard InChI is InChI=1S/C26H33N5O3/c1-26(2,33)17-31-20-8-9-21(31)16-30(15-20)23-10-12-27-24-22(23)11-13-29(24)14-18-4-6-19(7-5-18)25(32)28-34-3/h4-7,10-13,20-21,33H,8-9,14-17H2,1-3H3,(H,28,32). The van der Waals surface area contributed by atoms with E-state index in [1.54, 1.807) is 12.1 Å². The van der Waals surface area contributed by atoms with Crippen LogP contribution in [0.4, 0.5) is 5.69 Å². The van der Waals surface area contributed by atoms with Crippen LogP contribution in [-0.4, -0.2) is 69.9 Å². The lowest BCUT2D eigenvalue weighted by Crippen LogP contribution is -2.57. The van der Waals surface area contributed by atoms with E-state index >= 15 is 0 Å². The zero-order valence-corrected chi connectivity index (χ0v) is 20.1. The molecule has 5 rings (SSSR count). The van der Waals surface area contributed by atoms with Crippen molar-refractivity contribution >= 4 is 22.6 Å². The molecule has 2 fully saturated rings. The van der Waals surface area contributed by atoms with Gasteiger partial charge in [0.1, 0.15) is 5.65 Å². The lowest BCUT2D eigenvalue weighted by atomic mass is 10.1. The number of aliphatic hydroxyl groups is 1. The first kappa shape index (κ1) is 22.8. The monoisotopic (exact) mass is 463 g/mol. The summed E-state index contributed by atoms with van der Waals surface area (Å²) in [6, 6.07) is 12.8. The first-order valence-corrected chi connectivity index (χ1v) is 11.9. The number of hydrogen-bond acceptors (Lipinski definition) is 6. The molecule has 0 radical (unpaired) electrons. The minimum Gasteiger partial charge on any atom is -0.389 e. The highest BCUT2D eigenvalue weighted by Gasteiger charge is 2.41. The third-order valence-electron chi connectivity index (χ3n) is 6.95. The van der Waals surface area contributed by atoms with Gasteiger partial charge in [0, 0.05) is 67.3 Å².